The van der Waals surface area contributed by atoms with E-state index in [9.17, 15) is 19.7 Å². The Morgan fingerprint density at radius 1 is 1.20 bits per heavy atom. The van der Waals surface area contributed by atoms with Gasteiger partial charge in [-0.05, 0) is 24.6 Å². The van der Waals surface area contributed by atoms with Crippen molar-refractivity contribution in [1.29, 1.82) is 0 Å². The van der Waals surface area contributed by atoms with Crippen molar-refractivity contribution in [1.82, 2.24) is 10.6 Å². The SMILES string of the molecule is C[C@H](NC(=O)CNC(=O)c1cccc([N+](=O)[O-])c1)c1ccccc1Br. The number of carbonyl (C=O) groups excluding carboxylic acids is 2. The fourth-order valence-electron chi connectivity index (χ4n) is 2.22. The summed E-state index contributed by atoms with van der Waals surface area (Å²) in [5, 5.41) is 16.0. The molecule has 0 saturated carbocycles. The van der Waals surface area contributed by atoms with Crippen molar-refractivity contribution in [3.63, 3.8) is 0 Å². The lowest BCUT2D eigenvalue weighted by atomic mass is 10.1. The van der Waals surface area contributed by atoms with Crippen LogP contribution in [-0.4, -0.2) is 23.3 Å². The molecule has 25 heavy (non-hydrogen) atoms. The second kappa shape index (κ2) is 8.39. The summed E-state index contributed by atoms with van der Waals surface area (Å²) in [7, 11) is 0. The van der Waals surface area contributed by atoms with Crippen molar-refractivity contribution in [3.05, 3.63) is 74.2 Å². The molecule has 0 unspecified atom stereocenters. The monoisotopic (exact) mass is 405 g/mol. The molecule has 7 nitrogen and oxygen atoms in total. The van der Waals surface area contributed by atoms with E-state index in [0.717, 1.165) is 16.1 Å². The van der Waals surface area contributed by atoms with Crippen LogP contribution in [0.15, 0.2) is 53.0 Å². The molecule has 2 aromatic carbocycles. The van der Waals surface area contributed by atoms with Crippen molar-refractivity contribution in [2.24, 2.45) is 0 Å². The van der Waals surface area contributed by atoms with Gasteiger partial charge in [-0.25, -0.2) is 0 Å². The molecule has 0 bridgehead atoms. The normalized spacial score (nSPS) is 11.4. The highest BCUT2D eigenvalue weighted by Crippen LogP contribution is 2.22. The van der Waals surface area contributed by atoms with Crippen LogP contribution in [0.4, 0.5) is 5.69 Å². The Bertz CT molecular complexity index is 810. The Morgan fingerprint density at radius 3 is 2.60 bits per heavy atom. The number of nitro groups is 1. The first kappa shape index (κ1) is 18.6. The van der Waals surface area contributed by atoms with Gasteiger partial charge < -0.3 is 10.6 Å². The van der Waals surface area contributed by atoms with E-state index in [4.69, 9.17) is 0 Å². The number of hydrogen-bond acceptors (Lipinski definition) is 4. The number of nitro benzene ring substituents is 1. The third kappa shape index (κ3) is 5.12. The maximum absolute atomic E-state index is 12.0. The van der Waals surface area contributed by atoms with Gasteiger partial charge in [-0.15, -0.1) is 0 Å². The Balaban J connectivity index is 1.91. The fraction of sp³-hybridized carbons (Fsp3) is 0.176. The molecule has 2 amide bonds. The number of amides is 2. The number of non-ortho nitro benzene ring substituents is 1. The Kier molecular flexibility index (Phi) is 6.24. The molecular formula is C17H16BrN3O4. The van der Waals surface area contributed by atoms with Crippen molar-refractivity contribution in [3.8, 4) is 0 Å². The molecule has 8 heteroatoms. The molecule has 2 rings (SSSR count). The summed E-state index contributed by atoms with van der Waals surface area (Å²) >= 11 is 3.42. The van der Waals surface area contributed by atoms with Crippen molar-refractivity contribution < 1.29 is 14.5 Å². The average molecular weight is 406 g/mol. The molecule has 0 fully saturated rings. The Labute approximate surface area is 152 Å². The van der Waals surface area contributed by atoms with E-state index in [1.54, 1.807) is 0 Å². The highest BCUT2D eigenvalue weighted by molar-refractivity contribution is 9.10. The summed E-state index contributed by atoms with van der Waals surface area (Å²) in [6.07, 6.45) is 0. The van der Waals surface area contributed by atoms with Gasteiger partial charge in [-0.1, -0.05) is 40.2 Å². The van der Waals surface area contributed by atoms with Gasteiger partial charge in [0.05, 0.1) is 17.5 Å². The molecule has 2 aromatic rings. The van der Waals surface area contributed by atoms with Gasteiger partial charge in [0.25, 0.3) is 11.6 Å². The molecular weight excluding hydrogens is 390 g/mol. The minimum absolute atomic E-state index is 0.126. The highest BCUT2D eigenvalue weighted by Gasteiger charge is 2.15. The zero-order chi connectivity index (χ0) is 18.4. The van der Waals surface area contributed by atoms with Gasteiger partial charge in [0.2, 0.25) is 5.91 Å². The topological polar surface area (TPSA) is 101 Å². The van der Waals surface area contributed by atoms with Crippen LogP contribution in [0, 0.1) is 10.1 Å². The molecule has 0 aliphatic heterocycles. The van der Waals surface area contributed by atoms with Crippen LogP contribution < -0.4 is 10.6 Å². The first-order chi connectivity index (χ1) is 11.9. The molecule has 0 aliphatic carbocycles. The second-order valence-electron chi connectivity index (χ2n) is 5.30. The van der Waals surface area contributed by atoms with Crippen LogP contribution >= 0.6 is 15.9 Å². The number of benzene rings is 2. The minimum atomic E-state index is -0.580. The second-order valence-corrected chi connectivity index (χ2v) is 6.16. The molecule has 0 radical (unpaired) electrons. The van der Waals surface area contributed by atoms with Gasteiger partial charge in [0, 0.05) is 22.2 Å². The predicted molar refractivity (Wildman–Crippen MR) is 96.1 cm³/mol. The number of rotatable bonds is 6. The lowest BCUT2D eigenvalue weighted by molar-refractivity contribution is -0.384. The largest absolute Gasteiger partial charge is 0.348 e. The third-order valence-electron chi connectivity index (χ3n) is 3.48. The number of halogens is 1. The van der Waals surface area contributed by atoms with Crippen molar-refractivity contribution in [2.45, 2.75) is 13.0 Å². The van der Waals surface area contributed by atoms with Gasteiger partial charge in [-0.3, -0.25) is 19.7 Å². The molecule has 0 saturated heterocycles. The summed E-state index contributed by atoms with van der Waals surface area (Å²) in [4.78, 5) is 34.2. The van der Waals surface area contributed by atoms with Gasteiger partial charge in [0.1, 0.15) is 0 Å². The quantitative estimate of drug-likeness (QED) is 0.569. The number of nitrogens with zero attached hydrogens (tertiary/aromatic N) is 1. The zero-order valence-corrected chi connectivity index (χ0v) is 14.9. The average Bonchev–Trinajstić information content (AvgIpc) is 2.60. The maximum Gasteiger partial charge on any atom is 0.270 e. The van der Waals surface area contributed by atoms with Crippen LogP contribution in [0.25, 0.3) is 0 Å². The number of nitrogens with one attached hydrogen (secondary N) is 2. The zero-order valence-electron chi connectivity index (χ0n) is 13.4. The van der Waals surface area contributed by atoms with Crippen LogP contribution in [0.2, 0.25) is 0 Å². The van der Waals surface area contributed by atoms with Crippen molar-refractivity contribution >= 4 is 33.4 Å². The van der Waals surface area contributed by atoms with Gasteiger partial charge in [-0.2, -0.15) is 0 Å². The molecule has 0 heterocycles. The van der Waals surface area contributed by atoms with Crippen LogP contribution in [0.1, 0.15) is 28.9 Å². The Hall–Kier alpha value is -2.74. The van der Waals surface area contributed by atoms with E-state index in [0.29, 0.717) is 0 Å². The van der Waals surface area contributed by atoms with E-state index in [1.807, 2.05) is 31.2 Å². The van der Waals surface area contributed by atoms with Crippen LogP contribution in [-0.2, 0) is 4.79 Å². The molecule has 0 aromatic heterocycles. The smallest absolute Gasteiger partial charge is 0.270 e. The lowest BCUT2D eigenvalue weighted by Crippen LogP contribution is -2.38. The first-order valence-electron chi connectivity index (χ1n) is 7.45. The maximum atomic E-state index is 12.0. The van der Waals surface area contributed by atoms with Gasteiger partial charge in [0.15, 0.2) is 0 Å². The number of hydrogen-bond donors (Lipinski definition) is 2. The van der Waals surface area contributed by atoms with E-state index in [2.05, 4.69) is 26.6 Å². The number of carbonyl (C=O) groups is 2. The first-order valence-corrected chi connectivity index (χ1v) is 8.24. The van der Waals surface area contributed by atoms with E-state index in [1.165, 1.54) is 18.2 Å². The van der Waals surface area contributed by atoms with Gasteiger partial charge >= 0.3 is 0 Å². The summed E-state index contributed by atoms with van der Waals surface area (Å²) in [6.45, 7) is 1.61. The van der Waals surface area contributed by atoms with E-state index >= 15 is 0 Å². The summed E-state index contributed by atoms with van der Waals surface area (Å²) in [5.74, 6) is -0.908. The highest BCUT2D eigenvalue weighted by atomic mass is 79.9. The standard InChI is InChI=1S/C17H16BrN3O4/c1-11(14-7-2-3-8-15(14)18)20-16(22)10-19-17(23)12-5-4-6-13(9-12)21(24)25/h2-9,11H,10H2,1H3,(H,19,23)(H,20,22)/t11-/m0/s1. The van der Waals surface area contributed by atoms with Crippen LogP contribution in [0.3, 0.4) is 0 Å². The van der Waals surface area contributed by atoms with Crippen molar-refractivity contribution in [2.75, 3.05) is 6.54 Å². The predicted octanol–water partition coefficient (Wildman–Crippen LogP) is 2.96. The Morgan fingerprint density at radius 2 is 1.92 bits per heavy atom. The van der Waals surface area contributed by atoms with E-state index < -0.39 is 10.8 Å². The lowest BCUT2D eigenvalue weighted by Gasteiger charge is -2.16. The molecule has 0 aliphatic rings. The van der Waals surface area contributed by atoms with Crippen LogP contribution in [0.5, 0.6) is 0 Å². The van der Waals surface area contributed by atoms with E-state index in [-0.39, 0.29) is 29.7 Å². The fourth-order valence-corrected chi connectivity index (χ4v) is 2.85. The minimum Gasteiger partial charge on any atom is -0.348 e. The molecule has 2 N–H and O–H groups in total. The molecule has 130 valence electrons. The molecule has 0 spiro atoms. The third-order valence-corrected chi connectivity index (χ3v) is 4.20. The summed E-state index contributed by atoms with van der Waals surface area (Å²) in [6, 6.07) is 12.6. The summed E-state index contributed by atoms with van der Waals surface area (Å²) < 4.78 is 0.878. The summed E-state index contributed by atoms with van der Waals surface area (Å²) in [5.41, 5.74) is 0.862. The molecule has 1 atom stereocenters.